The second kappa shape index (κ2) is 8.06. The van der Waals surface area contributed by atoms with Gasteiger partial charge in [0, 0.05) is 48.9 Å². The van der Waals surface area contributed by atoms with Crippen molar-refractivity contribution in [2.75, 3.05) is 13.2 Å². The molecule has 1 heterocycles. The van der Waals surface area contributed by atoms with Crippen molar-refractivity contribution in [3.8, 4) is 0 Å². The van der Waals surface area contributed by atoms with Crippen molar-refractivity contribution >= 4 is 11.6 Å². The number of β-amino-alcohol motifs (C(OH)–C–C–N with tert-alkyl or cyclic N) is 1. The Morgan fingerprint density at radius 1 is 1.04 bits per heavy atom. The van der Waals surface area contributed by atoms with Crippen LogP contribution < -0.4 is 0 Å². The van der Waals surface area contributed by atoms with Gasteiger partial charge in [-0.05, 0) is 18.1 Å². The van der Waals surface area contributed by atoms with Gasteiger partial charge in [-0.1, -0.05) is 38.1 Å². The molecule has 0 saturated carbocycles. The third-order valence-corrected chi connectivity index (χ3v) is 4.38. The van der Waals surface area contributed by atoms with Gasteiger partial charge in [-0.25, -0.2) is 0 Å². The fraction of sp³-hybridized carbons (Fsp3) is 0.400. The minimum atomic E-state index is -0.332. The Hall–Kier alpha value is -2.20. The normalized spacial score (nSPS) is 15.1. The number of hydrogen-bond donors (Lipinski definition) is 1. The highest BCUT2D eigenvalue weighted by atomic mass is 16.3. The molecule has 0 aliphatic carbocycles. The molecule has 1 aliphatic rings. The highest BCUT2D eigenvalue weighted by Crippen LogP contribution is 2.38. The quantitative estimate of drug-likeness (QED) is 0.836. The molecule has 4 heteroatoms. The average molecular weight is 327 g/mol. The summed E-state index contributed by atoms with van der Waals surface area (Å²) in [4.78, 5) is 26.9. The van der Waals surface area contributed by atoms with Crippen molar-refractivity contribution in [2.24, 2.45) is 0 Å². The molecular formula is C20H25NO3. The first-order valence-electron chi connectivity index (χ1n) is 8.45. The van der Waals surface area contributed by atoms with Gasteiger partial charge >= 0.3 is 0 Å². The summed E-state index contributed by atoms with van der Waals surface area (Å²) in [6, 6.07) is 7.87. The third kappa shape index (κ3) is 3.65. The predicted molar refractivity (Wildman–Crippen MR) is 94.5 cm³/mol. The van der Waals surface area contributed by atoms with Gasteiger partial charge in [0.25, 0.3) is 0 Å². The first-order chi connectivity index (χ1) is 11.5. The Labute approximate surface area is 143 Å². The van der Waals surface area contributed by atoms with E-state index >= 15 is 0 Å². The summed E-state index contributed by atoms with van der Waals surface area (Å²) in [5.74, 6) is -0.276. The molecule has 0 bridgehead atoms. The second-order valence-electron chi connectivity index (χ2n) is 5.97. The van der Waals surface area contributed by atoms with E-state index in [1.165, 1.54) is 0 Å². The van der Waals surface area contributed by atoms with Gasteiger partial charge in [-0.15, -0.1) is 0 Å². The molecule has 1 aromatic carbocycles. The zero-order valence-electron chi connectivity index (χ0n) is 14.6. The monoisotopic (exact) mass is 327 g/mol. The molecule has 1 aliphatic heterocycles. The largest absolute Gasteiger partial charge is 0.395 e. The zero-order valence-corrected chi connectivity index (χ0v) is 14.6. The van der Waals surface area contributed by atoms with Crippen molar-refractivity contribution in [1.82, 2.24) is 4.90 Å². The van der Waals surface area contributed by atoms with Crippen LogP contribution in [0.3, 0.4) is 0 Å². The van der Waals surface area contributed by atoms with Crippen LogP contribution in [0, 0.1) is 6.92 Å². The standard InChI is InChI=1S/C20H25NO3/c1-4-18(23)16-12-21(10-11-22)13-17(19(24)5-2)20(16)15-9-7-6-8-14(15)3/h6-9,12-13,20,22H,4-5,10-11H2,1-3H3. The minimum absolute atomic E-state index is 0.0284. The number of carbonyl (C=O) groups excluding carboxylic acids is 2. The van der Waals surface area contributed by atoms with Gasteiger partial charge in [-0.2, -0.15) is 0 Å². The molecule has 1 aromatic rings. The number of Topliss-reactive ketones (excluding diaryl/α,β-unsaturated/α-hetero) is 2. The maximum absolute atomic E-state index is 12.6. The van der Waals surface area contributed by atoms with Crippen LogP contribution in [-0.4, -0.2) is 34.7 Å². The van der Waals surface area contributed by atoms with Gasteiger partial charge in [-0.3, -0.25) is 9.59 Å². The van der Waals surface area contributed by atoms with Crippen molar-refractivity contribution in [2.45, 2.75) is 39.5 Å². The number of nitrogens with zero attached hydrogens (tertiary/aromatic N) is 1. The summed E-state index contributed by atoms with van der Waals surface area (Å²) in [7, 11) is 0. The fourth-order valence-corrected chi connectivity index (χ4v) is 3.08. The lowest BCUT2D eigenvalue weighted by Gasteiger charge is -2.31. The molecular weight excluding hydrogens is 302 g/mol. The summed E-state index contributed by atoms with van der Waals surface area (Å²) < 4.78 is 0. The van der Waals surface area contributed by atoms with E-state index in [2.05, 4.69) is 0 Å². The Morgan fingerprint density at radius 2 is 1.58 bits per heavy atom. The van der Waals surface area contributed by atoms with E-state index in [0.29, 0.717) is 30.5 Å². The molecule has 0 amide bonds. The number of hydrogen-bond acceptors (Lipinski definition) is 4. The first kappa shape index (κ1) is 18.1. The zero-order chi connectivity index (χ0) is 17.7. The Kier molecular flexibility index (Phi) is 6.10. The summed E-state index contributed by atoms with van der Waals surface area (Å²) in [5, 5.41) is 9.24. The van der Waals surface area contributed by atoms with Crippen molar-refractivity contribution in [1.29, 1.82) is 0 Å². The molecule has 1 N–H and O–H groups in total. The number of ketones is 2. The molecule has 0 aromatic heterocycles. The lowest BCUT2D eigenvalue weighted by atomic mass is 9.78. The highest BCUT2D eigenvalue weighted by molar-refractivity contribution is 6.04. The Bertz CT molecular complexity index is 654. The lowest BCUT2D eigenvalue weighted by molar-refractivity contribution is -0.116. The number of carbonyl (C=O) groups is 2. The number of aliphatic hydroxyl groups excluding tert-OH is 1. The number of aryl methyl sites for hydroxylation is 1. The second-order valence-corrected chi connectivity index (χ2v) is 5.97. The van der Waals surface area contributed by atoms with Crippen LogP contribution in [0.2, 0.25) is 0 Å². The molecule has 2 rings (SSSR count). The number of rotatable bonds is 7. The molecule has 0 saturated heterocycles. The molecule has 0 unspecified atom stereocenters. The van der Waals surface area contributed by atoms with Gasteiger partial charge in [0.05, 0.1) is 6.61 Å². The fourth-order valence-electron chi connectivity index (χ4n) is 3.08. The van der Waals surface area contributed by atoms with Crippen LogP contribution in [0.15, 0.2) is 47.8 Å². The number of benzene rings is 1. The van der Waals surface area contributed by atoms with Crippen molar-refractivity contribution in [3.05, 3.63) is 58.9 Å². The molecule has 0 spiro atoms. The maximum Gasteiger partial charge on any atom is 0.161 e. The molecule has 4 nitrogen and oxygen atoms in total. The SMILES string of the molecule is CCC(=O)C1=CN(CCO)C=C(C(=O)CC)C1c1ccccc1C. The summed E-state index contributed by atoms with van der Waals surface area (Å²) >= 11 is 0. The smallest absolute Gasteiger partial charge is 0.161 e. The van der Waals surface area contributed by atoms with Crippen LogP contribution >= 0.6 is 0 Å². The summed E-state index contributed by atoms with van der Waals surface area (Å²) in [6.07, 6.45) is 4.33. The topological polar surface area (TPSA) is 57.6 Å². The van der Waals surface area contributed by atoms with E-state index in [0.717, 1.165) is 11.1 Å². The lowest BCUT2D eigenvalue weighted by Crippen LogP contribution is -2.29. The van der Waals surface area contributed by atoms with Gasteiger partial charge < -0.3 is 10.0 Å². The molecule has 24 heavy (non-hydrogen) atoms. The molecule has 0 fully saturated rings. The van der Waals surface area contributed by atoms with E-state index in [1.54, 1.807) is 17.3 Å². The van der Waals surface area contributed by atoms with E-state index in [4.69, 9.17) is 0 Å². The highest BCUT2D eigenvalue weighted by Gasteiger charge is 2.33. The number of aliphatic hydroxyl groups is 1. The first-order valence-corrected chi connectivity index (χ1v) is 8.45. The molecule has 128 valence electrons. The van der Waals surface area contributed by atoms with Crippen molar-refractivity contribution < 1.29 is 14.7 Å². The van der Waals surface area contributed by atoms with Crippen LogP contribution in [0.1, 0.15) is 43.7 Å². The van der Waals surface area contributed by atoms with Crippen molar-refractivity contribution in [3.63, 3.8) is 0 Å². The van der Waals surface area contributed by atoms with E-state index in [9.17, 15) is 14.7 Å². The maximum atomic E-state index is 12.6. The minimum Gasteiger partial charge on any atom is -0.395 e. The van der Waals surface area contributed by atoms with E-state index in [1.807, 2.05) is 45.0 Å². The number of allylic oxidation sites excluding steroid dienone is 2. The van der Waals surface area contributed by atoms with Crippen LogP contribution in [-0.2, 0) is 9.59 Å². The average Bonchev–Trinajstić information content (AvgIpc) is 2.60. The molecule has 0 atom stereocenters. The van der Waals surface area contributed by atoms with Crippen LogP contribution in [0.5, 0.6) is 0 Å². The van der Waals surface area contributed by atoms with Crippen LogP contribution in [0.25, 0.3) is 0 Å². The summed E-state index contributed by atoms with van der Waals surface area (Å²) in [6.45, 7) is 5.98. The predicted octanol–water partition coefficient (Wildman–Crippen LogP) is 3.11. The van der Waals surface area contributed by atoms with Gasteiger partial charge in [0.2, 0.25) is 0 Å². The Morgan fingerprint density at radius 3 is 2.04 bits per heavy atom. The van der Waals surface area contributed by atoms with Gasteiger partial charge in [0.1, 0.15) is 0 Å². The van der Waals surface area contributed by atoms with E-state index < -0.39 is 0 Å². The Balaban J connectivity index is 2.61. The van der Waals surface area contributed by atoms with Gasteiger partial charge in [0.15, 0.2) is 11.6 Å². The molecule has 0 radical (unpaired) electrons. The summed E-state index contributed by atoms with van der Waals surface area (Å²) in [5.41, 5.74) is 3.30. The third-order valence-electron chi connectivity index (χ3n) is 4.38. The van der Waals surface area contributed by atoms with Crippen LogP contribution in [0.4, 0.5) is 0 Å². The van der Waals surface area contributed by atoms with E-state index in [-0.39, 0.29) is 24.1 Å².